The third-order valence-corrected chi connectivity index (χ3v) is 10.0. The van der Waals surface area contributed by atoms with Gasteiger partial charge in [-0.1, -0.05) is 141 Å². The molecule has 0 saturated carbocycles. The molecule has 0 saturated heterocycles. The Morgan fingerprint density at radius 1 is 0.391 bits per heavy atom. The van der Waals surface area contributed by atoms with Crippen LogP contribution in [0.4, 0.5) is 17.1 Å². The van der Waals surface area contributed by atoms with E-state index in [1.54, 1.807) is 0 Å². The summed E-state index contributed by atoms with van der Waals surface area (Å²) in [4.78, 5) is 2.41. The van der Waals surface area contributed by atoms with Crippen molar-refractivity contribution in [2.45, 2.75) is 19.3 Å². The van der Waals surface area contributed by atoms with Gasteiger partial charge in [0.15, 0.2) is 0 Å². The first-order valence-electron chi connectivity index (χ1n) is 16.1. The number of rotatable bonds is 4. The fourth-order valence-electron chi connectivity index (χ4n) is 7.69. The summed E-state index contributed by atoms with van der Waals surface area (Å²) in [6.45, 7) is 4.68. The summed E-state index contributed by atoms with van der Waals surface area (Å²) in [7, 11) is 0. The number of anilines is 3. The van der Waals surface area contributed by atoms with Gasteiger partial charge in [0.25, 0.3) is 0 Å². The van der Waals surface area contributed by atoms with E-state index in [1.807, 2.05) is 0 Å². The number of fused-ring (bicyclic) bond motifs is 8. The van der Waals surface area contributed by atoms with Crippen LogP contribution >= 0.6 is 0 Å². The molecule has 1 aliphatic rings. The standard InChI is InChI=1S/C45H33N/c1-45(2)42-15-9-8-14-40(42)41-29-37(25-27-43(41)45)46(35-22-20-31(21-23-35)30-10-4-3-5-11-30)36-24-26-39-34(28-36)19-18-33-17-16-32-12-6-7-13-38(32)44(33)39/h3-29H,1-2H3. The number of nitrogens with zero attached hydrogens (tertiary/aromatic N) is 1. The van der Waals surface area contributed by atoms with Gasteiger partial charge in [0.1, 0.15) is 0 Å². The van der Waals surface area contributed by atoms with Crippen LogP contribution < -0.4 is 4.90 Å². The molecule has 0 radical (unpaired) electrons. The van der Waals surface area contributed by atoms with E-state index in [2.05, 4.69) is 183 Å². The number of benzene rings is 8. The van der Waals surface area contributed by atoms with Crippen LogP contribution in [-0.2, 0) is 5.41 Å². The first-order chi connectivity index (χ1) is 22.6. The van der Waals surface area contributed by atoms with Gasteiger partial charge in [-0.15, -0.1) is 0 Å². The second kappa shape index (κ2) is 10.2. The Morgan fingerprint density at radius 2 is 0.978 bits per heavy atom. The molecule has 0 amide bonds. The minimum atomic E-state index is -0.0284. The molecule has 1 nitrogen and oxygen atoms in total. The Kier molecular flexibility index (Phi) is 5.92. The van der Waals surface area contributed by atoms with E-state index in [0.29, 0.717) is 0 Å². The zero-order chi connectivity index (χ0) is 30.8. The van der Waals surface area contributed by atoms with Crippen molar-refractivity contribution in [1.82, 2.24) is 0 Å². The maximum absolute atomic E-state index is 2.41. The Balaban J connectivity index is 1.24. The number of hydrogen-bond donors (Lipinski definition) is 0. The first-order valence-corrected chi connectivity index (χ1v) is 16.1. The van der Waals surface area contributed by atoms with Crippen LogP contribution in [0.3, 0.4) is 0 Å². The average molecular weight is 588 g/mol. The highest BCUT2D eigenvalue weighted by atomic mass is 15.1. The molecule has 46 heavy (non-hydrogen) atoms. The van der Waals surface area contributed by atoms with E-state index in [0.717, 1.165) is 17.1 Å². The molecule has 0 aromatic heterocycles. The van der Waals surface area contributed by atoms with Crippen molar-refractivity contribution in [3.05, 3.63) is 175 Å². The smallest absolute Gasteiger partial charge is 0.0468 e. The summed E-state index contributed by atoms with van der Waals surface area (Å²) >= 11 is 0. The molecule has 8 aromatic carbocycles. The van der Waals surface area contributed by atoms with Crippen molar-refractivity contribution >= 4 is 49.4 Å². The van der Waals surface area contributed by atoms with E-state index in [9.17, 15) is 0 Å². The second-order valence-corrected chi connectivity index (χ2v) is 13.0. The molecular weight excluding hydrogens is 555 g/mol. The van der Waals surface area contributed by atoms with Gasteiger partial charge in [0.2, 0.25) is 0 Å². The van der Waals surface area contributed by atoms with E-state index >= 15 is 0 Å². The molecule has 9 rings (SSSR count). The maximum Gasteiger partial charge on any atom is 0.0468 e. The predicted molar refractivity (Wildman–Crippen MR) is 197 cm³/mol. The van der Waals surface area contributed by atoms with Gasteiger partial charge >= 0.3 is 0 Å². The topological polar surface area (TPSA) is 3.24 Å². The molecule has 1 aliphatic carbocycles. The minimum Gasteiger partial charge on any atom is -0.310 e. The highest BCUT2D eigenvalue weighted by Gasteiger charge is 2.35. The molecule has 0 heterocycles. The molecule has 0 fully saturated rings. The van der Waals surface area contributed by atoms with Crippen LogP contribution in [0.15, 0.2) is 164 Å². The SMILES string of the molecule is CC1(C)c2ccccc2-c2cc(N(c3ccc(-c4ccccc4)cc3)c3ccc4c(ccc5ccc6ccccc6c54)c3)ccc21. The van der Waals surface area contributed by atoms with Crippen LogP contribution in [0.25, 0.3) is 54.6 Å². The zero-order valence-electron chi connectivity index (χ0n) is 26.0. The van der Waals surface area contributed by atoms with Gasteiger partial charge in [-0.25, -0.2) is 0 Å². The monoisotopic (exact) mass is 587 g/mol. The fraction of sp³-hybridized carbons (Fsp3) is 0.0667. The molecule has 0 N–H and O–H groups in total. The lowest BCUT2D eigenvalue weighted by molar-refractivity contribution is 0.660. The zero-order valence-corrected chi connectivity index (χ0v) is 26.0. The van der Waals surface area contributed by atoms with Crippen molar-refractivity contribution in [2.75, 3.05) is 4.90 Å². The second-order valence-electron chi connectivity index (χ2n) is 13.0. The van der Waals surface area contributed by atoms with Crippen molar-refractivity contribution in [3.8, 4) is 22.3 Å². The lowest BCUT2D eigenvalue weighted by atomic mass is 9.82. The highest BCUT2D eigenvalue weighted by molar-refractivity contribution is 6.20. The van der Waals surface area contributed by atoms with Crippen molar-refractivity contribution < 1.29 is 0 Å². The van der Waals surface area contributed by atoms with E-state index in [1.165, 1.54) is 65.7 Å². The highest BCUT2D eigenvalue weighted by Crippen LogP contribution is 2.50. The number of hydrogen-bond acceptors (Lipinski definition) is 1. The van der Waals surface area contributed by atoms with Gasteiger partial charge in [-0.2, -0.15) is 0 Å². The Hall–Kier alpha value is -5.66. The average Bonchev–Trinajstić information content (AvgIpc) is 3.34. The van der Waals surface area contributed by atoms with Gasteiger partial charge in [0.05, 0.1) is 0 Å². The summed E-state index contributed by atoms with van der Waals surface area (Å²) in [5.74, 6) is 0. The van der Waals surface area contributed by atoms with Crippen LogP contribution in [0.1, 0.15) is 25.0 Å². The summed E-state index contributed by atoms with van der Waals surface area (Å²) in [6, 6.07) is 60.2. The largest absolute Gasteiger partial charge is 0.310 e. The molecule has 0 aliphatic heterocycles. The van der Waals surface area contributed by atoms with Gasteiger partial charge < -0.3 is 4.90 Å². The molecule has 0 unspecified atom stereocenters. The van der Waals surface area contributed by atoms with Gasteiger partial charge in [0, 0.05) is 22.5 Å². The summed E-state index contributed by atoms with van der Waals surface area (Å²) in [6.07, 6.45) is 0. The van der Waals surface area contributed by atoms with Crippen molar-refractivity contribution in [3.63, 3.8) is 0 Å². The molecule has 0 atom stereocenters. The van der Waals surface area contributed by atoms with E-state index in [4.69, 9.17) is 0 Å². The fourth-order valence-corrected chi connectivity index (χ4v) is 7.69. The third-order valence-electron chi connectivity index (χ3n) is 10.0. The lowest BCUT2D eigenvalue weighted by Crippen LogP contribution is -2.15. The first kappa shape index (κ1) is 26.7. The van der Waals surface area contributed by atoms with Gasteiger partial charge in [-0.3, -0.25) is 0 Å². The molecule has 0 spiro atoms. The van der Waals surface area contributed by atoms with Crippen LogP contribution in [0.2, 0.25) is 0 Å². The molecule has 218 valence electrons. The van der Waals surface area contributed by atoms with Crippen LogP contribution in [-0.4, -0.2) is 0 Å². The van der Waals surface area contributed by atoms with E-state index < -0.39 is 0 Å². The molecule has 1 heteroatoms. The normalized spacial score (nSPS) is 13.2. The molecule has 8 aromatic rings. The minimum absolute atomic E-state index is 0.0284. The summed E-state index contributed by atoms with van der Waals surface area (Å²) in [5, 5.41) is 7.67. The lowest BCUT2D eigenvalue weighted by Gasteiger charge is -2.27. The van der Waals surface area contributed by atoms with Crippen molar-refractivity contribution in [2.24, 2.45) is 0 Å². The molecule has 0 bridgehead atoms. The van der Waals surface area contributed by atoms with E-state index in [-0.39, 0.29) is 5.41 Å². The van der Waals surface area contributed by atoms with Crippen LogP contribution in [0, 0.1) is 0 Å². The maximum atomic E-state index is 2.41. The molecular formula is C45H33N. The summed E-state index contributed by atoms with van der Waals surface area (Å²) in [5.41, 5.74) is 11.3. The predicted octanol–water partition coefficient (Wildman–Crippen LogP) is 12.6. The van der Waals surface area contributed by atoms with Crippen LogP contribution in [0.5, 0.6) is 0 Å². The van der Waals surface area contributed by atoms with Gasteiger partial charge in [-0.05, 0) is 102 Å². The Morgan fingerprint density at radius 3 is 1.83 bits per heavy atom. The van der Waals surface area contributed by atoms with Crippen molar-refractivity contribution in [1.29, 1.82) is 0 Å². The quantitative estimate of drug-likeness (QED) is 0.185. The Bertz CT molecular complexity index is 2430. The summed E-state index contributed by atoms with van der Waals surface area (Å²) < 4.78 is 0. The Labute approximate surface area is 270 Å². The third kappa shape index (κ3) is 4.09.